The normalized spacial score (nSPS) is 10.9. The lowest BCUT2D eigenvalue weighted by molar-refractivity contribution is -0.132. The first kappa shape index (κ1) is 20.5. The predicted octanol–water partition coefficient (Wildman–Crippen LogP) is 1.82. The van der Waals surface area contributed by atoms with Crippen LogP contribution in [-0.2, 0) is 24.8 Å². The first-order chi connectivity index (χ1) is 14.1. The molecular formula is C20H25N5O4. The van der Waals surface area contributed by atoms with Gasteiger partial charge in [0.2, 0.25) is 17.6 Å². The molecule has 29 heavy (non-hydrogen) atoms. The predicted molar refractivity (Wildman–Crippen MR) is 105 cm³/mol. The second kappa shape index (κ2) is 9.83. The topological polar surface area (TPSA) is 107 Å². The minimum atomic E-state index is -0.0878. The number of carbonyl (C=O) groups excluding carboxylic acids is 1. The summed E-state index contributed by atoms with van der Waals surface area (Å²) in [6.07, 6.45) is 4.79. The summed E-state index contributed by atoms with van der Waals surface area (Å²) in [5, 5.41) is 13.3. The van der Waals surface area contributed by atoms with E-state index < -0.39 is 0 Å². The number of methoxy groups -OCH3 is 1. The van der Waals surface area contributed by atoms with Crippen LogP contribution in [-0.4, -0.2) is 55.9 Å². The highest BCUT2D eigenvalue weighted by atomic mass is 16.5. The molecule has 1 aromatic carbocycles. The van der Waals surface area contributed by atoms with Crippen molar-refractivity contribution in [1.29, 1.82) is 0 Å². The zero-order valence-electron chi connectivity index (χ0n) is 16.6. The number of amides is 1. The Kier molecular flexibility index (Phi) is 6.96. The molecule has 0 saturated carbocycles. The molecule has 3 aromatic rings. The molecule has 0 fully saturated rings. The number of aryl methyl sites for hydroxylation is 2. The zero-order chi connectivity index (χ0) is 20.6. The third-order valence-electron chi connectivity index (χ3n) is 4.59. The number of carbonyl (C=O) groups is 1. The van der Waals surface area contributed by atoms with Crippen molar-refractivity contribution in [2.24, 2.45) is 7.05 Å². The number of nitrogens with zero attached hydrogens (tertiary/aromatic N) is 5. The van der Waals surface area contributed by atoms with Crippen LogP contribution in [0.3, 0.4) is 0 Å². The summed E-state index contributed by atoms with van der Waals surface area (Å²) in [7, 11) is 3.47. The molecule has 2 heterocycles. The smallest absolute Gasteiger partial charge is 0.226 e. The number of benzene rings is 1. The molecule has 1 N–H and O–H groups in total. The Morgan fingerprint density at radius 3 is 2.90 bits per heavy atom. The summed E-state index contributed by atoms with van der Waals surface area (Å²) in [5.41, 5.74) is 1.66. The van der Waals surface area contributed by atoms with Crippen molar-refractivity contribution in [2.45, 2.75) is 25.8 Å². The molecule has 0 spiro atoms. The molecule has 0 aliphatic rings. The average Bonchev–Trinajstić information content (AvgIpc) is 3.36. The van der Waals surface area contributed by atoms with Gasteiger partial charge in [-0.1, -0.05) is 17.3 Å². The van der Waals surface area contributed by atoms with Gasteiger partial charge in [-0.25, -0.2) is 4.98 Å². The highest BCUT2D eigenvalue weighted by Crippen LogP contribution is 2.27. The van der Waals surface area contributed by atoms with E-state index in [9.17, 15) is 9.90 Å². The number of para-hydroxylation sites is 1. The number of aromatic nitrogens is 4. The van der Waals surface area contributed by atoms with E-state index in [1.54, 1.807) is 24.5 Å². The van der Waals surface area contributed by atoms with E-state index in [1.807, 2.05) is 35.9 Å². The third-order valence-corrected chi connectivity index (χ3v) is 4.59. The largest absolute Gasteiger partial charge is 0.496 e. The van der Waals surface area contributed by atoms with Crippen LogP contribution in [0.1, 0.15) is 24.4 Å². The molecule has 3 rings (SSSR count). The second-order valence-corrected chi connectivity index (χ2v) is 6.60. The monoisotopic (exact) mass is 399 g/mol. The molecule has 0 bridgehead atoms. The maximum absolute atomic E-state index is 12.6. The van der Waals surface area contributed by atoms with Crippen LogP contribution in [0.25, 0.3) is 11.4 Å². The van der Waals surface area contributed by atoms with Gasteiger partial charge in [0, 0.05) is 32.6 Å². The summed E-state index contributed by atoms with van der Waals surface area (Å²) in [6.45, 7) is 0.604. The van der Waals surface area contributed by atoms with Crippen molar-refractivity contribution < 1.29 is 19.2 Å². The first-order valence-corrected chi connectivity index (χ1v) is 9.42. The molecule has 154 valence electrons. The fourth-order valence-corrected chi connectivity index (χ4v) is 2.99. The van der Waals surface area contributed by atoms with Gasteiger partial charge in [0.1, 0.15) is 5.75 Å². The maximum atomic E-state index is 12.6. The van der Waals surface area contributed by atoms with Crippen molar-refractivity contribution in [3.8, 4) is 17.1 Å². The molecule has 0 aliphatic heterocycles. The lowest BCUT2D eigenvalue weighted by atomic mass is 10.2. The van der Waals surface area contributed by atoms with Crippen LogP contribution in [0.5, 0.6) is 5.75 Å². The van der Waals surface area contributed by atoms with E-state index in [0.717, 1.165) is 11.3 Å². The maximum Gasteiger partial charge on any atom is 0.226 e. The molecular weight excluding hydrogens is 374 g/mol. The first-order valence-electron chi connectivity index (χ1n) is 9.42. The van der Waals surface area contributed by atoms with Crippen LogP contribution in [0.2, 0.25) is 0 Å². The lowest BCUT2D eigenvalue weighted by Gasteiger charge is -2.21. The molecule has 0 saturated heterocycles. The van der Waals surface area contributed by atoms with Crippen LogP contribution in [0.4, 0.5) is 0 Å². The number of imidazole rings is 1. The van der Waals surface area contributed by atoms with Crippen molar-refractivity contribution in [3.63, 3.8) is 0 Å². The molecule has 9 nitrogen and oxygen atoms in total. The van der Waals surface area contributed by atoms with Gasteiger partial charge >= 0.3 is 0 Å². The van der Waals surface area contributed by atoms with Gasteiger partial charge in [-0.05, 0) is 18.6 Å². The molecule has 9 heteroatoms. The quantitative estimate of drug-likeness (QED) is 0.554. The van der Waals surface area contributed by atoms with Gasteiger partial charge in [-0.3, -0.25) is 4.79 Å². The third kappa shape index (κ3) is 5.20. The summed E-state index contributed by atoms with van der Waals surface area (Å²) in [4.78, 5) is 22.7. The standard InChI is InChI=1S/C20H25N5O4/c1-24-14-21-12-15(24)13-25(10-11-26)19(27)9-5-8-18-22-20(23-29-18)16-6-3-4-7-17(16)28-2/h3-4,6-7,12,14,26H,5,8-11,13H2,1-2H3. The van der Waals surface area contributed by atoms with E-state index in [-0.39, 0.29) is 19.1 Å². The average molecular weight is 399 g/mol. The van der Waals surface area contributed by atoms with E-state index >= 15 is 0 Å². The second-order valence-electron chi connectivity index (χ2n) is 6.60. The lowest BCUT2D eigenvalue weighted by Crippen LogP contribution is -2.33. The number of aliphatic hydroxyl groups excluding tert-OH is 1. The van der Waals surface area contributed by atoms with Gasteiger partial charge in [0.15, 0.2) is 0 Å². The summed E-state index contributed by atoms with van der Waals surface area (Å²) >= 11 is 0. The SMILES string of the molecule is COc1ccccc1-c1noc(CCCC(=O)N(CCO)Cc2cncn2C)n1. The number of hydrogen-bond acceptors (Lipinski definition) is 7. The Morgan fingerprint density at radius 2 is 2.17 bits per heavy atom. The Morgan fingerprint density at radius 1 is 1.34 bits per heavy atom. The van der Waals surface area contributed by atoms with E-state index in [1.165, 1.54) is 0 Å². The van der Waals surface area contributed by atoms with Crippen LogP contribution in [0, 0.1) is 0 Å². The van der Waals surface area contributed by atoms with Crippen molar-refractivity contribution in [3.05, 3.63) is 48.4 Å². The van der Waals surface area contributed by atoms with Gasteiger partial charge in [0.25, 0.3) is 0 Å². The van der Waals surface area contributed by atoms with Gasteiger partial charge in [-0.15, -0.1) is 0 Å². The van der Waals surface area contributed by atoms with E-state index in [2.05, 4.69) is 15.1 Å². The van der Waals surface area contributed by atoms with Gasteiger partial charge in [-0.2, -0.15) is 4.98 Å². The van der Waals surface area contributed by atoms with Crippen molar-refractivity contribution in [1.82, 2.24) is 24.6 Å². The highest BCUT2D eigenvalue weighted by Gasteiger charge is 2.17. The number of aliphatic hydroxyl groups is 1. The van der Waals surface area contributed by atoms with E-state index in [0.29, 0.717) is 43.3 Å². The Bertz CT molecular complexity index is 936. The highest BCUT2D eigenvalue weighted by molar-refractivity contribution is 5.76. The Labute approximate surface area is 168 Å². The Hall–Kier alpha value is -3.20. The fourth-order valence-electron chi connectivity index (χ4n) is 2.99. The van der Waals surface area contributed by atoms with Crippen molar-refractivity contribution >= 4 is 5.91 Å². The minimum absolute atomic E-state index is 0.0373. The van der Waals surface area contributed by atoms with Gasteiger partial charge < -0.3 is 23.8 Å². The molecule has 2 aromatic heterocycles. The number of hydrogen-bond donors (Lipinski definition) is 1. The minimum Gasteiger partial charge on any atom is -0.496 e. The van der Waals surface area contributed by atoms with Crippen molar-refractivity contribution in [2.75, 3.05) is 20.3 Å². The zero-order valence-corrected chi connectivity index (χ0v) is 16.6. The van der Waals surface area contributed by atoms with E-state index in [4.69, 9.17) is 9.26 Å². The fraction of sp³-hybridized carbons (Fsp3) is 0.400. The molecule has 0 aliphatic carbocycles. The summed E-state index contributed by atoms with van der Waals surface area (Å²) < 4.78 is 12.5. The number of rotatable bonds is 10. The Balaban J connectivity index is 1.55. The molecule has 1 amide bonds. The molecule has 0 atom stereocenters. The van der Waals surface area contributed by atoms with Gasteiger partial charge in [0.05, 0.1) is 37.8 Å². The van der Waals surface area contributed by atoms with Crippen LogP contribution >= 0.6 is 0 Å². The summed E-state index contributed by atoms with van der Waals surface area (Å²) in [5.74, 6) is 1.57. The summed E-state index contributed by atoms with van der Waals surface area (Å²) in [6, 6.07) is 7.45. The van der Waals surface area contributed by atoms with Crippen LogP contribution in [0.15, 0.2) is 41.3 Å². The van der Waals surface area contributed by atoms with Crippen LogP contribution < -0.4 is 4.74 Å². The molecule has 0 unspecified atom stereocenters. The molecule has 0 radical (unpaired) electrons. The number of ether oxygens (including phenoxy) is 1.